The molecule has 0 aromatic carbocycles. The van der Waals surface area contributed by atoms with Gasteiger partial charge in [-0.05, 0) is 26.7 Å². The summed E-state index contributed by atoms with van der Waals surface area (Å²) in [6, 6.07) is -0.556. The van der Waals surface area contributed by atoms with Crippen LogP contribution in [0.4, 0.5) is 4.79 Å². The molecule has 7 heteroatoms. The number of hydrogen-bond acceptors (Lipinski definition) is 4. The molecule has 1 heterocycles. The Balaban J connectivity index is 2.56. The van der Waals surface area contributed by atoms with Crippen molar-refractivity contribution in [2.24, 2.45) is 0 Å². The zero-order valence-corrected chi connectivity index (χ0v) is 13.2. The van der Waals surface area contributed by atoms with Crippen molar-refractivity contribution in [3.63, 3.8) is 0 Å². The molecule has 7 nitrogen and oxygen atoms in total. The summed E-state index contributed by atoms with van der Waals surface area (Å²) in [5, 5.41) is 15.1. The molecule has 0 saturated carbocycles. The molecular weight excluding hydrogens is 274 g/mol. The van der Waals surface area contributed by atoms with Crippen LogP contribution in [0.25, 0.3) is 0 Å². The average Bonchev–Trinajstić information content (AvgIpc) is 2.61. The third-order valence-corrected chi connectivity index (χ3v) is 3.81. The Hall–Kier alpha value is -1.63. The van der Waals surface area contributed by atoms with Gasteiger partial charge in [0.1, 0.15) is 12.1 Å². The van der Waals surface area contributed by atoms with Gasteiger partial charge in [-0.15, -0.1) is 0 Å². The minimum absolute atomic E-state index is 0.0916. The molecule has 2 atom stereocenters. The first-order chi connectivity index (χ1) is 9.65. The van der Waals surface area contributed by atoms with Gasteiger partial charge in [-0.3, -0.25) is 14.5 Å². The van der Waals surface area contributed by atoms with Crippen molar-refractivity contribution >= 4 is 17.8 Å². The van der Waals surface area contributed by atoms with E-state index >= 15 is 0 Å². The molecule has 0 spiro atoms. The van der Waals surface area contributed by atoms with E-state index in [2.05, 4.69) is 10.6 Å². The molecule has 1 aliphatic heterocycles. The quantitative estimate of drug-likeness (QED) is 0.592. The first-order valence-electron chi connectivity index (χ1n) is 7.28. The predicted octanol–water partition coefficient (Wildman–Crippen LogP) is 0.374. The molecular formula is C14H25N3O4. The first kappa shape index (κ1) is 17.4. The summed E-state index contributed by atoms with van der Waals surface area (Å²) in [5.74, 6) is -0.860. The second kappa shape index (κ2) is 6.43. The summed E-state index contributed by atoms with van der Waals surface area (Å²) >= 11 is 0. The lowest BCUT2D eigenvalue weighted by Crippen LogP contribution is -2.47. The summed E-state index contributed by atoms with van der Waals surface area (Å²) in [4.78, 5) is 36.6. The van der Waals surface area contributed by atoms with Crippen LogP contribution in [0.1, 0.15) is 47.0 Å². The second-order valence-corrected chi connectivity index (χ2v) is 6.03. The number of nitrogens with zero attached hydrogens (tertiary/aromatic N) is 1. The zero-order valence-electron chi connectivity index (χ0n) is 13.2. The van der Waals surface area contributed by atoms with Gasteiger partial charge >= 0.3 is 6.03 Å². The van der Waals surface area contributed by atoms with E-state index in [9.17, 15) is 19.5 Å². The molecule has 120 valence electrons. The van der Waals surface area contributed by atoms with Crippen LogP contribution in [0, 0.1) is 0 Å². The van der Waals surface area contributed by atoms with Crippen molar-refractivity contribution in [2.45, 2.75) is 58.1 Å². The molecule has 0 aromatic heterocycles. The summed E-state index contributed by atoms with van der Waals surface area (Å²) in [6.07, 6.45) is 1.82. The summed E-state index contributed by atoms with van der Waals surface area (Å²) in [7, 11) is 0. The Labute approximate surface area is 125 Å². The number of carbonyl (C=O) groups is 3. The van der Waals surface area contributed by atoms with Crippen LogP contribution in [0.2, 0.25) is 0 Å². The van der Waals surface area contributed by atoms with E-state index in [4.69, 9.17) is 0 Å². The highest BCUT2D eigenvalue weighted by Crippen LogP contribution is 2.20. The minimum Gasteiger partial charge on any atom is -0.388 e. The Bertz CT molecular complexity index is 436. The van der Waals surface area contributed by atoms with E-state index in [0.29, 0.717) is 12.8 Å². The minimum atomic E-state index is -0.986. The molecule has 3 N–H and O–H groups in total. The number of amides is 4. The zero-order chi connectivity index (χ0) is 16.3. The number of nitrogens with one attached hydrogen (secondary N) is 2. The second-order valence-electron chi connectivity index (χ2n) is 6.03. The van der Waals surface area contributed by atoms with Crippen molar-refractivity contribution in [2.75, 3.05) is 13.1 Å². The van der Waals surface area contributed by atoms with Crippen LogP contribution >= 0.6 is 0 Å². The highest BCUT2D eigenvalue weighted by atomic mass is 16.3. The largest absolute Gasteiger partial charge is 0.388 e. The molecule has 0 bridgehead atoms. The van der Waals surface area contributed by atoms with E-state index in [1.165, 1.54) is 0 Å². The molecule has 1 rings (SSSR count). The highest BCUT2D eigenvalue weighted by Gasteiger charge is 2.46. The number of urea groups is 1. The van der Waals surface area contributed by atoms with Crippen molar-refractivity contribution in [1.29, 1.82) is 0 Å². The molecule has 1 aliphatic rings. The van der Waals surface area contributed by atoms with Gasteiger partial charge in [-0.25, -0.2) is 4.79 Å². The number of imide groups is 1. The van der Waals surface area contributed by atoms with E-state index < -0.39 is 29.0 Å². The molecule has 0 radical (unpaired) electrons. The first-order valence-corrected chi connectivity index (χ1v) is 7.28. The normalized spacial score (nSPS) is 24.7. The van der Waals surface area contributed by atoms with Crippen molar-refractivity contribution in [3.8, 4) is 0 Å². The number of aliphatic hydroxyl groups is 1. The predicted molar refractivity (Wildman–Crippen MR) is 77.5 cm³/mol. The standard InChI is InChI=1S/C14H25N3O4/c1-5-7-13(3,21)9-15-10(18)8-17-11(19)14(4,6-2)16-12(17)20/h21H,5-9H2,1-4H3,(H,15,18)(H,16,20). The lowest BCUT2D eigenvalue weighted by molar-refractivity contribution is -0.134. The van der Waals surface area contributed by atoms with Crippen LogP contribution in [0.5, 0.6) is 0 Å². The maximum atomic E-state index is 12.1. The lowest BCUT2D eigenvalue weighted by Gasteiger charge is -2.23. The third kappa shape index (κ3) is 4.17. The van der Waals surface area contributed by atoms with Gasteiger partial charge < -0.3 is 15.7 Å². The molecule has 21 heavy (non-hydrogen) atoms. The fraction of sp³-hybridized carbons (Fsp3) is 0.786. The Morgan fingerprint density at radius 1 is 1.43 bits per heavy atom. The van der Waals surface area contributed by atoms with Crippen LogP contribution in [-0.4, -0.2) is 52.1 Å². The number of carbonyl (C=O) groups excluding carboxylic acids is 3. The van der Waals surface area contributed by atoms with Gasteiger partial charge in [0, 0.05) is 6.54 Å². The smallest absolute Gasteiger partial charge is 0.325 e. The highest BCUT2D eigenvalue weighted by molar-refractivity contribution is 6.08. The fourth-order valence-corrected chi connectivity index (χ4v) is 2.25. The number of rotatable bonds is 7. The average molecular weight is 299 g/mol. The molecule has 1 saturated heterocycles. The van der Waals surface area contributed by atoms with Crippen molar-refractivity contribution in [3.05, 3.63) is 0 Å². The molecule has 4 amide bonds. The maximum Gasteiger partial charge on any atom is 0.325 e. The molecule has 0 aliphatic carbocycles. The van der Waals surface area contributed by atoms with E-state index in [-0.39, 0.29) is 13.1 Å². The maximum absolute atomic E-state index is 12.1. The van der Waals surface area contributed by atoms with Crippen LogP contribution in [0.15, 0.2) is 0 Å². The van der Waals surface area contributed by atoms with Crippen molar-refractivity contribution < 1.29 is 19.5 Å². The van der Waals surface area contributed by atoms with E-state index in [0.717, 1.165) is 11.3 Å². The van der Waals surface area contributed by atoms with Crippen LogP contribution in [-0.2, 0) is 9.59 Å². The van der Waals surface area contributed by atoms with Gasteiger partial charge in [-0.2, -0.15) is 0 Å². The van der Waals surface area contributed by atoms with Gasteiger partial charge in [0.05, 0.1) is 5.60 Å². The molecule has 2 unspecified atom stereocenters. The summed E-state index contributed by atoms with van der Waals surface area (Å²) in [6.45, 7) is 6.77. The third-order valence-electron chi connectivity index (χ3n) is 3.81. The monoisotopic (exact) mass is 299 g/mol. The molecule has 1 fully saturated rings. The molecule has 0 aromatic rings. The SMILES string of the molecule is CCCC(C)(O)CNC(=O)CN1C(=O)NC(C)(CC)C1=O. The summed E-state index contributed by atoms with van der Waals surface area (Å²) in [5.41, 5.74) is -1.93. The summed E-state index contributed by atoms with van der Waals surface area (Å²) < 4.78 is 0. The van der Waals surface area contributed by atoms with Crippen molar-refractivity contribution in [1.82, 2.24) is 15.5 Å². The van der Waals surface area contributed by atoms with Crippen LogP contribution < -0.4 is 10.6 Å². The van der Waals surface area contributed by atoms with Gasteiger partial charge in [-0.1, -0.05) is 20.3 Å². The Morgan fingerprint density at radius 2 is 2.05 bits per heavy atom. The fourth-order valence-electron chi connectivity index (χ4n) is 2.25. The lowest BCUT2D eigenvalue weighted by atomic mass is 9.99. The van der Waals surface area contributed by atoms with Crippen LogP contribution in [0.3, 0.4) is 0 Å². The van der Waals surface area contributed by atoms with E-state index in [1.807, 2.05) is 6.92 Å². The van der Waals surface area contributed by atoms with Gasteiger partial charge in [0.25, 0.3) is 5.91 Å². The Morgan fingerprint density at radius 3 is 2.52 bits per heavy atom. The van der Waals surface area contributed by atoms with Gasteiger partial charge in [0.15, 0.2) is 0 Å². The van der Waals surface area contributed by atoms with Gasteiger partial charge in [0.2, 0.25) is 5.91 Å². The number of hydrogen-bond donors (Lipinski definition) is 3. The Kier molecular flexibility index (Phi) is 5.33. The topological polar surface area (TPSA) is 98.7 Å². The van der Waals surface area contributed by atoms with E-state index in [1.54, 1.807) is 20.8 Å².